The van der Waals surface area contributed by atoms with Crippen LogP contribution < -0.4 is 5.73 Å². The molecule has 1 unspecified atom stereocenters. The van der Waals surface area contributed by atoms with Crippen molar-refractivity contribution in [2.75, 3.05) is 0 Å². The highest BCUT2D eigenvalue weighted by atomic mass is 16.3. The van der Waals surface area contributed by atoms with E-state index in [2.05, 4.69) is 12.1 Å². The first kappa shape index (κ1) is 16.0. The van der Waals surface area contributed by atoms with Crippen molar-refractivity contribution in [1.29, 1.82) is 0 Å². The minimum atomic E-state index is -1.83. The minimum absolute atomic E-state index is 0.466. The molecule has 3 rings (SSSR count). The van der Waals surface area contributed by atoms with Crippen molar-refractivity contribution in [3.8, 4) is 0 Å². The van der Waals surface area contributed by atoms with E-state index in [1.807, 2.05) is 36.4 Å². The summed E-state index contributed by atoms with van der Waals surface area (Å²) in [4.78, 5) is 12.0. The molecule has 1 atom stereocenters. The Kier molecular flexibility index (Phi) is 4.45. The monoisotopic (exact) mass is 317 g/mol. The smallest absolute Gasteiger partial charge is 0.258 e. The number of aliphatic hydroxyl groups is 1. The Morgan fingerprint density at radius 2 is 1.21 bits per heavy atom. The van der Waals surface area contributed by atoms with Gasteiger partial charge in [0.15, 0.2) is 5.60 Å². The molecular weight excluding hydrogens is 298 g/mol. The number of carbonyl (C=O) groups is 1. The maximum Gasteiger partial charge on any atom is 0.258 e. The molecule has 3 nitrogen and oxygen atoms in total. The third-order valence-corrected chi connectivity index (χ3v) is 4.17. The van der Waals surface area contributed by atoms with Crippen molar-refractivity contribution < 1.29 is 9.90 Å². The van der Waals surface area contributed by atoms with E-state index >= 15 is 0 Å². The van der Waals surface area contributed by atoms with E-state index in [-0.39, 0.29) is 0 Å². The summed E-state index contributed by atoms with van der Waals surface area (Å²) in [6, 6.07) is 26.2. The van der Waals surface area contributed by atoms with Gasteiger partial charge in [0.25, 0.3) is 5.91 Å². The van der Waals surface area contributed by atoms with Crippen LogP contribution in [0.4, 0.5) is 0 Å². The lowest BCUT2D eigenvalue weighted by atomic mass is 9.85. The van der Waals surface area contributed by atoms with Crippen molar-refractivity contribution in [3.05, 3.63) is 107 Å². The Balaban J connectivity index is 1.92. The summed E-state index contributed by atoms with van der Waals surface area (Å²) in [6.45, 7) is 0. The number of carbonyl (C=O) groups excluding carboxylic acids is 1. The van der Waals surface area contributed by atoms with Gasteiger partial charge in [-0.1, -0.05) is 84.9 Å². The van der Waals surface area contributed by atoms with Gasteiger partial charge in [-0.05, 0) is 28.7 Å². The number of hydrogen-bond donors (Lipinski definition) is 2. The van der Waals surface area contributed by atoms with E-state index in [1.54, 1.807) is 36.4 Å². The molecule has 0 spiro atoms. The zero-order valence-corrected chi connectivity index (χ0v) is 13.2. The van der Waals surface area contributed by atoms with E-state index < -0.39 is 11.5 Å². The zero-order chi connectivity index (χ0) is 17.0. The predicted octanol–water partition coefficient (Wildman–Crippen LogP) is 3.00. The molecule has 0 aromatic heterocycles. The summed E-state index contributed by atoms with van der Waals surface area (Å²) < 4.78 is 0. The van der Waals surface area contributed by atoms with Gasteiger partial charge in [0.2, 0.25) is 0 Å². The van der Waals surface area contributed by atoms with Crippen LogP contribution in [0, 0.1) is 0 Å². The Morgan fingerprint density at radius 1 is 0.750 bits per heavy atom. The molecular formula is C21H19NO2. The predicted molar refractivity (Wildman–Crippen MR) is 94.3 cm³/mol. The van der Waals surface area contributed by atoms with Gasteiger partial charge < -0.3 is 10.8 Å². The highest BCUT2D eigenvalue weighted by molar-refractivity contribution is 5.88. The van der Waals surface area contributed by atoms with Gasteiger partial charge in [0.1, 0.15) is 0 Å². The Bertz CT molecular complexity index is 813. The molecule has 120 valence electrons. The number of rotatable bonds is 5. The summed E-state index contributed by atoms with van der Waals surface area (Å²) >= 11 is 0. The molecule has 0 aliphatic heterocycles. The van der Waals surface area contributed by atoms with Crippen molar-refractivity contribution in [1.82, 2.24) is 0 Å². The average Bonchev–Trinajstić information content (AvgIpc) is 2.63. The number of benzene rings is 3. The molecule has 0 fully saturated rings. The third-order valence-electron chi connectivity index (χ3n) is 4.17. The standard InChI is InChI=1S/C21H19NO2/c22-20(23)21(24,18-9-5-2-6-10-18)19-13-11-17(12-14-19)15-16-7-3-1-4-8-16/h1-14,24H,15H2,(H2,22,23). The molecule has 0 saturated carbocycles. The first-order chi connectivity index (χ1) is 11.6. The fourth-order valence-electron chi connectivity index (χ4n) is 2.83. The lowest BCUT2D eigenvalue weighted by molar-refractivity contribution is -0.133. The largest absolute Gasteiger partial charge is 0.372 e. The molecule has 0 bridgehead atoms. The first-order valence-corrected chi connectivity index (χ1v) is 7.82. The van der Waals surface area contributed by atoms with E-state index in [0.717, 1.165) is 12.0 Å². The quantitative estimate of drug-likeness (QED) is 0.760. The van der Waals surface area contributed by atoms with E-state index in [1.165, 1.54) is 5.56 Å². The number of amides is 1. The SMILES string of the molecule is NC(=O)C(O)(c1ccccc1)c1ccc(Cc2ccccc2)cc1. The number of hydrogen-bond acceptors (Lipinski definition) is 2. The van der Waals surface area contributed by atoms with Gasteiger partial charge in [-0.2, -0.15) is 0 Å². The molecule has 0 saturated heterocycles. The van der Waals surface area contributed by atoms with E-state index in [4.69, 9.17) is 5.73 Å². The van der Waals surface area contributed by atoms with Crippen molar-refractivity contribution >= 4 is 5.91 Å². The fraction of sp³-hybridized carbons (Fsp3) is 0.0952. The van der Waals surface area contributed by atoms with Crippen molar-refractivity contribution in [3.63, 3.8) is 0 Å². The second kappa shape index (κ2) is 6.69. The lowest BCUT2D eigenvalue weighted by Crippen LogP contribution is -2.42. The van der Waals surface area contributed by atoms with Gasteiger partial charge in [0.05, 0.1) is 0 Å². The average molecular weight is 317 g/mol. The van der Waals surface area contributed by atoms with Gasteiger partial charge in [0, 0.05) is 0 Å². The molecule has 0 heterocycles. The summed E-state index contributed by atoms with van der Waals surface area (Å²) in [5.41, 5.74) is 6.93. The Labute approximate surface area is 141 Å². The molecule has 3 N–H and O–H groups in total. The molecule has 0 aliphatic rings. The minimum Gasteiger partial charge on any atom is -0.372 e. The molecule has 3 aromatic carbocycles. The van der Waals surface area contributed by atoms with Crippen molar-refractivity contribution in [2.24, 2.45) is 5.73 Å². The highest BCUT2D eigenvalue weighted by Crippen LogP contribution is 2.29. The first-order valence-electron chi connectivity index (χ1n) is 7.82. The summed E-state index contributed by atoms with van der Waals surface area (Å²) in [7, 11) is 0. The van der Waals surface area contributed by atoms with Crippen LogP contribution in [-0.4, -0.2) is 11.0 Å². The Morgan fingerprint density at radius 3 is 1.75 bits per heavy atom. The van der Waals surface area contributed by atoms with E-state index in [9.17, 15) is 9.90 Å². The molecule has 3 aromatic rings. The molecule has 0 aliphatic carbocycles. The summed E-state index contributed by atoms with van der Waals surface area (Å²) in [6.07, 6.45) is 0.793. The maximum atomic E-state index is 12.0. The van der Waals surface area contributed by atoms with Crippen LogP contribution in [0.5, 0.6) is 0 Å². The Hall–Kier alpha value is -2.91. The van der Waals surface area contributed by atoms with Crippen LogP contribution in [0.1, 0.15) is 22.3 Å². The molecule has 0 radical (unpaired) electrons. The van der Waals surface area contributed by atoms with Crippen molar-refractivity contribution in [2.45, 2.75) is 12.0 Å². The lowest BCUT2D eigenvalue weighted by Gasteiger charge is -2.26. The zero-order valence-electron chi connectivity index (χ0n) is 13.2. The van der Waals surface area contributed by atoms with Gasteiger partial charge in [-0.3, -0.25) is 4.79 Å². The number of primary amides is 1. The van der Waals surface area contributed by atoms with Gasteiger partial charge in [-0.25, -0.2) is 0 Å². The van der Waals surface area contributed by atoms with Crippen LogP contribution >= 0.6 is 0 Å². The van der Waals surface area contributed by atoms with Crippen LogP contribution in [-0.2, 0) is 16.8 Å². The number of nitrogens with two attached hydrogens (primary N) is 1. The van der Waals surface area contributed by atoms with E-state index in [0.29, 0.717) is 11.1 Å². The third kappa shape index (κ3) is 3.07. The van der Waals surface area contributed by atoms with Crippen LogP contribution in [0.3, 0.4) is 0 Å². The summed E-state index contributed by atoms with van der Waals surface area (Å²) in [5, 5.41) is 10.9. The second-order valence-electron chi connectivity index (χ2n) is 5.80. The van der Waals surface area contributed by atoms with Gasteiger partial charge >= 0.3 is 0 Å². The molecule has 3 heteroatoms. The van der Waals surface area contributed by atoms with Crippen LogP contribution in [0.15, 0.2) is 84.9 Å². The molecule has 24 heavy (non-hydrogen) atoms. The van der Waals surface area contributed by atoms with Crippen LogP contribution in [0.2, 0.25) is 0 Å². The molecule has 1 amide bonds. The highest BCUT2D eigenvalue weighted by Gasteiger charge is 2.37. The topological polar surface area (TPSA) is 63.3 Å². The van der Waals surface area contributed by atoms with Gasteiger partial charge in [-0.15, -0.1) is 0 Å². The van der Waals surface area contributed by atoms with Crippen LogP contribution in [0.25, 0.3) is 0 Å². The second-order valence-corrected chi connectivity index (χ2v) is 5.80. The fourth-order valence-corrected chi connectivity index (χ4v) is 2.83. The normalized spacial score (nSPS) is 13.2. The maximum absolute atomic E-state index is 12.0. The summed E-state index contributed by atoms with van der Waals surface area (Å²) in [5.74, 6) is -0.787.